The molecular weight excluding hydrogens is 303 g/mol. The maximum Gasteiger partial charge on any atom is 0.471 e. The minimum Gasteiger partial charge on any atom is -0.347 e. The van der Waals surface area contributed by atoms with Gasteiger partial charge in [0.15, 0.2) is 0 Å². The predicted octanol–water partition coefficient (Wildman–Crippen LogP) is 1.69. The molecule has 3 aromatic rings. The Kier molecular flexibility index (Phi) is 3.28. The molecular formula is C12H8F3N5O2. The molecule has 0 atom stereocenters. The van der Waals surface area contributed by atoms with E-state index in [4.69, 9.17) is 0 Å². The number of imidazole rings is 1. The van der Waals surface area contributed by atoms with Gasteiger partial charge in [-0.3, -0.25) is 4.79 Å². The van der Waals surface area contributed by atoms with Crippen molar-refractivity contribution < 1.29 is 17.7 Å². The van der Waals surface area contributed by atoms with Crippen LogP contribution in [0.4, 0.5) is 13.2 Å². The Bertz CT molecular complexity index is 835. The minimum atomic E-state index is -4.72. The highest BCUT2D eigenvalue weighted by atomic mass is 19.4. The highest BCUT2D eigenvalue weighted by molar-refractivity contribution is 5.52. The average molecular weight is 311 g/mol. The molecule has 3 heterocycles. The van der Waals surface area contributed by atoms with Crippen LogP contribution in [-0.2, 0) is 12.7 Å². The first kappa shape index (κ1) is 14.0. The number of hydrogen-bond donors (Lipinski definition) is 1. The summed E-state index contributed by atoms with van der Waals surface area (Å²) in [6.07, 6.45) is -0.136. The lowest BCUT2D eigenvalue weighted by atomic mass is 10.2. The Balaban J connectivity index is 1.89. The van der Waals surface area contributed by atoms with E-state index < -0.39 is 17.6 Å². The smallest absolute Gasteiger partial charge is 0.347 e. The Labute approximate surface area is 120 Å². The van der Waals surface area contributed by atoms with E-state index in [0.29, 0.717) is 5.82 Å². The van der Waals surface area contributed by atoms with Crippen LogP contribution < -0.4 is 5.56 Å². The fourth-order valence-electron chi connectivity index (χ4n) is 1.78. The molecule has 0 saturated heterocycles. The number of aromatic amines is 1. The quantitative estimate of drug-likeness (QED) is 0.795. The van der Waals surface area contributed by atoms with Gasteiger partial charge in [0.05, 0.1) is 6.54 Å². The molecule has 114 valence electrons. The lowest BCUT2D eigenvalue weighted by Crippen LogP contribution is -2.19. The molecule has 3 aromatic heterocycles. The number of halogens is 3. The minimum absolute atomic E-state index is 0.139. The van der Waals surface area contributed by atoms with Crippen molar-refractivity contribution in [2.75, 3.05) is 0 Å². The van der Waals surface area contributed by atoms with Crippen LogP contribution in [0, 0.1) is 0 Å². The molecule has 0 fully saturated rings. The van der Waals surface area contributed by atoms with Crippen LogP contribution in [0.2, 0.25) is 0 Å². The predicted molar refractivity (Wildman–Crippen MR) is 66.7 cm³/mol. The summed E-state index contributed by atoms with van der Waals surface area (Å²) in [4.78, 5) is 22.0. The van der Waals surface area contributed by atoms with Crippen molar-refractivity contribution in [1.29, 1.82) is 0 Å². The summed E-state index contributed by atoms with van der Waals surface area (Å²) in [5.41, 5.74) is -0.285. The number of nitrogens with zero attached hydrogens (tertiary/aromatic N) is 4. The topological polar surface area (TPSA) is 89.6 Å². The lowest BCUT2D eigenvalue weighted by Gasteiger charge is -2.03. The van der Waals surface area contributed by atoms with E-state index >= 15 is 0 Å². The van der Waals surface area contributed by atoms with Gasteiger partial charge < -0.3 is 14.1 Å². The van der Waals surface area contributed by atoms with Crippen LogP contribution in [0.1, 0.15) is 11.7 Å². The van der Waals surface area contributed by atoms with Crippen LogP contribution in [0.15, 0.2) is 40.0 Å². The number of rotatable bonds is 3. The summed E-state index contributed by atoms with van der Waals surface area (Å²) >= 11 is 0. The number of nitrogens with one attached hydrogen (secondary N) is 1. The Morgan fingerprint density at radius 2 is 2.18 bits per heavy atom. The number of H-pyrrole nitrogens is 1. The molecule has 0 radical (unpaired) electrons. The van der Waals surface area contributed by atoms with Gasteiger partial charge in [-0.25, -0.2) is 4.98 Å². The molecule has 0 aromatic carbocycles. The number of alkyl halides is 3. The van der Waals surface area contributed by atoms with Gasteiger partial charge in [0, 0.05) is 30.2 Å². The van der Waals surface area contributed by atoms with Crippen molar-refractivity contribution in [2.45, 2.75) is 12.7 Å². The fourth-order valence-corrected chi connectivity index (χ4v) is 1.78. The van der Waals surface area contributed by atoms with Crippen molar-refractivity contribution >= 4 is 0 Å². The molecule has 0 amide bonds. The summed E-state index contributed by atoms with van der Waals surface area (Å²) in [6, 6.07) is 2.56. The summed E-state index contributed by atoms with van der Waals surface area (Å²) in [5, 5.41) is 3.23. The highest BCUT2D eigenvalue weighted by Crippen LogP contribution is 2.28. The van der Waals surface area contributed by atoms with Gasteiger partial charge in [-0.1, -0.05) is 5.16 Å². The second-order valence-electron chi connectivity index (χ2n) is 4.34. The zero-order chi connectivity index (χ0) is 15.7. The Morgan fingerprint density at radius 3 is 2.77 bits per heavy atom. The van der Waals surface area contributed by atoms with Gasteiger partial charge in [0.2, 0.25) is 5.82 Å². The highest BCUT2D eigenvalue weighted by Gasteiger charge is 2.38. The first-order chi connectivity index (χ1) is 10.4. The second kappa shape index (κ2) is 5.13. The molecule has 7 nitrogen and oxygen atoms in total. The van der Waals surface area contributed by atoms with E-state index in [1.807, 2.05) is 0 Å². The number of aromatic nitrogens is 5. The van der Waals surface area contributed by atoms with E-state index in [1.165, 1.54) is 16.8 Å². The molecule has 0 aliphatic heterocycles. The van der Waals surface area contributed by atoms with E-state index in [-0.39, 0.29) is 17.9 Å². The maximum absolute atomic E-state index is 12.4. The molecule has 0 unspecified atom stereocenters. The molecule has 0 spiro atoms. The molecule has 10 heteroatoms. The van der Waals surface area contributed by atoms with Crippen molar-refractivity contribution in [3.05, 3.63) is 52.8 Å². The van der Waals surface area contributed by atoms with Crippen molar-refractivity contribution in [3.8, 4) is 11.4 Å². The summed E-state index contributed by atoms with van der Waals surface area (Å²) in [5.74, 6) is -1.18. The SMILES string of the molecule is O=c1cc(-c2noc(C(F)(F)F)n2)ccn1Cc1ncc[nH]1. The molecule has 3 rings (SSSR count). The first-order valence-corrected chi connectivity index (χ1v) is 6.03. The average Bonchev–Trinajstić information content (AvgIpc) is 3.11. The standard InChI is InChI=1S/C12H8F3N5O2/c13-12(14,15)11-18-10(19-22-11)7-1-4-20(9(21)5-7)6-8-16-2-3-17-8/h1-5H,6H2,(H,16,17). The Hall–Kier alpha value is -2.91. The largest absolute Gasteiger partial charge is 0.471 e. The van der Waals surface area contributed by atoms with Crippen molar-refractivity contribution in [3.63, 3.8) is 0 Å². The third kappa shape index (κ3) is 2.75. The van der Waals surface area contributed by atoms with E-state index in [9.17, 15) is 18.0 Å². The van der Waals surface area contributed by atoms with Gasteiger partial charge in [0.25, 0.3) is 5.56 Å². The van der Waals surface area contributed by atoms with Gasteiger partial charge in [-0.15, -0.1) is 0 Å². The van der Waals surface area contributed by atoms with Crippen LogP contribution >= 0.6 is 0 Å². The van der Waals surface area contributed by atoms with Crippen LogP contribution in [0.5, 0.6) is 0 Å². The summed E-state index contributed by atoms with van der Waals surface area (Å²) < 4.78 is 42.7. The zero-order valence-electron chi connectivity index (χ0n) is 10.8. The van der Waals surface area contributed by atoms with Crippen LogP contribution in [0.3, 0.4) is 0 Å². The van der Waals surface area contributed by atoms with E-state index in [0.717, 1.165) is 6.07 Å². The normalized spacial score (nSPS) is 11.8. The summed E-state index contributed by atoms with van der Waals surface area (Å²) in [6.45, 7) is 0.214. The van der Waals surface area contributed by atoms with Gasteiger partial charge in [-0.05, 0) is 6.07 Å². The monoisotopic (exact) mass is 311 g/mol. The number of pyridine rings is 1. The third-order valence-electron chi connectivity index (χ3n) is 2.80. The zero-order valence-corrected chi connectivity index (χ0v) is 10.8. The first-order valence-electron chi connectivity index (χ1n) is 6.03. The van der Waals surface area contributed by atoms with Crippen LogP contribution in [0.25, 0.3) is 11.4 Å². The molecule has 0 saturated carbocycles. The number of hydrogen-bond acceptors (Lipinski definition) is 5. The molecule has 1 N–H and O–H groups in total. The molecule has 0 aliphatic rings. The van der Waals surface area contributed by atoms with E-state index in [1.54, 1.807) is 12.4 Å². The molecule has 0 bridgehead atoms. The van der Waals surface area contributed by atoms with Gasteiger partial charge >= 0.3 is 12.1 Å². The fraction of sp³-hybridized carbons (Fsp3) is 0.167. The van der Waals surface area contributed by atoms with E-state index in [2.05, 4.69) is 24.6 Å². The lowest BCUT2D eigenvalue weighted by molar-refractivity contribution is -0.159. The van der Waals surface area contributed by atoms with Gasteiger partial charge in [0.1, 0.15) is 5.82 Å². The van der Waals surface area contributed by atoms with Crippen molar-refractivity contribution in [2.24, 2.45) is 0 Å². The van der Waals surface area contributed by atoms with Crippen LogP contribution in [-0.4, -0.2) is 24.7 Å². The van der Waals surface area contributed by atoms with Gasteiger partial charge in [-0.2, -0.15) is 18.2 Å². The second-order valence-corrected chi connectivity index (χ2v) is 4.34. The maximum atomic E-state index is 12.4. The molecule has 0 aliphatic carbocycles. The molecule has 22 heavy (non-hydrogen) atoms. The third-order valence-corrected chi connectivity index (χ3v) is 2.80. The summed E-state index contributed by atoms with van der Waals surface area (Å²) in [7, 11) is 0. The Morgan fingerprint density at radius 1 is 1.36 bits per heavy atom. The van der Waals surface area contributed by atoms with Crippen molar-refractivity contribution in [1.82, 2.24) is 24.7 Å².